The largest absolute Gasteiger partial charge is 0.122 e. The van der Waals surface area contributed by atoms with Crippen molar-refractivity contribution in [1.82, 2.24) is 0 Å². The van der Waals surface area contributed by atoms with E-state index in [1.54, 1.807) is 0 Å². The van der Waals surface area contributed by atoms with Gasteiger partial charge in [-0.05, 0) is 32.3 Å². The van der Waals surface area contributed by atoms with E-state index in [2.05, 4.69) is 20.4 Å². The molecule has 0 aliphatic heterocycles. The molecule has 0 N–H and O–H groups in total. The molecule has 0 saturated carbocycles. The smallest absolute Gasteiger partial charge is 0.0441 e. The molecular formula is C10H15Cl. The average molecular weight is 171 g/mol. The zero-order valence-corrected chi connectivity index (χ0v) is 8.04. The van der Waals surface area contributed by atoms with E-state index in [-0.39, 0.29) is 0 Å². The molecule has 11 heavy (non-hydrogen) atoms. The molecule has 0 aromatic rings. The van der Waals surface area contributed by atoms with Crippen LogP contribution in [-0.4, -0.2) is 5.88 Å². The molecule has 0 nitrogen and oxygen atoms in total. The van der Waals surface area contributed by atoms with Crippen LogP contribution in [0.15, 0.2) is 23.3 Å². The van der Waals surface area contributed by atoms with Gasteiger partial charge in [0.1, 0.15) is 0 Å². The Bertz CT molecular complexity index is 201. The highest BCUT2D eigenvalue weighted by atomic mass is 35.5. The molecule has 1 aliphatic carbocycles. The van der Waals surface area contributed by atoms with Crippen LogP contribution in [0.4, 0.5) is 0 Å². The number of rotatable bonds is 2. The number of hydrogen-bond donors (Lipinski definition) is 0. The lowest BCUT2D eigenvalue weighted by Crippen LogP contribution is -2.01. The number of allylic oxidation sites excluding steroid dienone is 3. The van der Waals surface area contributed by atoms with Crippen molar-refractivity contribution in [2.45, 2.75) is 26.7 Å². The van der Waals surface area contributed by atoms with E-state index in [1.807, 2.05) is 0 Å². The second-order valence-electron chi connectivity index (χ2n) is 3.38. The molecule has 0 radical (unpaired) electrons. The van der Waals surface area contributed by atoms with E-state index < -0.39 is 0 Å². The Kier molecular flexibility index (Phi) is 2.78. The van der Waals surface area contributed by atoms with Crippen LogP contribution in [0.2, 0.25) is 0 Å². The molecule has 1 heteroatoms. The van der Waals surface area contributed by atoms with E-state index in [9.17, 15) is 0 Å². The molecule has 1 atom stereocenters. The van der Waals surface area contributed by atoms with Crippen LogP contribution in [-0.2, 0) is 0 Å². The predicted octanol–water partition coefficient (Wildman–Crippen LogP) is 3.53. The van der Waals surface area contributed by atoms with Gasteiger partial charge in [-0.2, -0.15) is 0 Å². The third kappa shape index (κ3) is 1.67. The first-order chi connectivity index (χ1) is 5.16. The van der Waals surface area contributed by atoms with Crippen molar-refractivity contribution in [3.8, 4) is 0 Å². The highest BCUT2D eigenvalue weighted by molar-refractivity contribution is 6.19. The molecule has 62 valence electrons. The summed E-state index contributed by atoms with van der Waals surface area (Å²) in [5.41, 5.74) is 4.16. The summed E-state index contributed by atoms with van der Waals surface area (Å²) >= 11 is 5.84. The Morgan fingerprint density at radius 2 is 2.36 bits per heavy atom. The first-order valence-corrected chi connectivity index (χ1v) is 4.60. The van der Waals surface area contributed by atoms with Crippen LogP contribution in [0.25, 0.3) is 0 Å². The Morgan fingerprint density at radius 1 is 1.73 bits per heavy atom. The highest BCUT2D eigenvalue weighted by Gasteiger charge is 2.22. The van der Waals surface area contributed by atoms with Crippen molar-refractivity contribution in [2.24, 2.45) is 5.92 Å². The van der Waals surface area contributed by atoms with Crippen molar-refractivity contribution in [3.63, 3.8) is 0 Å². The fraction of sp³-hybridized carbons (Fsp3) is 0.600. The van der Waals surface area contributed by atoms with Crippen LogP contribution in [0.3, 0.4) is 0 Å². The number of halogens is 1. The topological polar surface area (TPSA) is 0 Å². The molecule has 0 aromatic heterocycles. The third-order valence-electron chi connectivity index (χ3n) is 2.52. The fourth-order valence-corrected chi connectivity index (χ4v) is 2.16. The molecule has 1 aliphatic rings. The quantitative estimate of drug-likeness (QED) is 0.440. The maximum atomic E-state index is 5.84. The summed E-state index contributed by atoms with van der Waals surface area (Å²) in [6.07, 6.45) is 2.43. The monoisotopic (exact) mass is 170 g/mol. The van der Waals surface area contributed by atoms with Crippen LogP contribution >= 0.6 is 11.6 Å². The summed E-state index contributed by atoms with van der Waals surface area (Å²) in [4.78, 5) is 0. The van der Waals surface area contributed by atoms with E-state index in [1.165, 1.54) is 29.6 Å². The first-order valence-electron chi connectivity index (χ1n) is 4.06. The van der Waals surface area contributed by atoms with Gasteiger partial charge in [0, 0.05) is 11.8 Å². The lowest BCUT2D eigenvalue weighted by atomic mass is 9.95. The SMILES string of the molecule is C=C(C)C1CCC(C)=C1CCl. The summed E-state index contributed by atoms with van der Waals surface area (Å²) in [6.45, 7) is 8.25. The van der Waals surface area contributed by atoms with E-state index in [0.29, 0.717) is 11.8 Å². The molecule has 0 amide bonds. The lowest BCUT2D eigenvalue weighted by Gasteiger charge is -2.12. The van der Waals surface area contributed by atoms with Gasteiger partial charge < -0.3 is 0 Å². The van der Waals surface area contributed by atoms with E-state index >= 15 is 0 Å². The molecule has 0 saturated heterocycles. The molecule has 1 unspecified atom stereocenters. The third-order valence-corrected chi connectivity index (χ3v) is 2.80. The van der Waals surface area contributed by atoms with Gasteiger partial charge in [0.2, 0.25) is 0 Å². The molecule has 0 bridgehead atoms. The van der Waals surface area contributed by atoms with Gasteiger partial charge in [-0.15, -0.1) is 11.6 Å². The zero-order chi connectivity index (χ0) is 8.43. The van der Waals surface area contributed by atoms with Crippen LogP contribution < -0.4 is 0 Å². The van der Waals surface area contributed by atoms with Crippen molar-refractivity contribution in [2.75, 3.05) is 5.88 Å². The van der Waals surface area contributed by atoms with Gasteiger partial charge in [0.25, 0.3) is 0 Å². The molecule has 1 rings (SSSR count). The summed E-state index contributed by atoms with van der Waals surface area (Å²) in [7, 11) is 0. The number of hydrogen-bond acceptors (Lipinski definition) is 0. The summed E-state index contributed by atoms with van der Waals surface area (Å²) in [5.74, 6) is 1.26. The maximum absolute atomic E-state index is 5.84. The minimum Gasteiger partial charge on any atom is -0.122 e. The highest BCUT2D eigenvalue weighted by Crippen LogP contribution is 2.36. The standard InChI is InChI=1S/C10H15Cl/c1-7(2)9-5-4-8(3)10(9)6-11/h9H,1,4-6H2,2-3H3. The van der Waals surface area contributed by atoms with Crippen LogP contribution in [0.1, 0.15) is 26.7 Å². The molecule has 0 fully saturated rings. The van der Waals surface area contributed by atoms with E-state index in [4.69, 9.17) is 11.6 Å². The van der Waals surface area contributed by atoms with Crippen molar-refractivity contribution in [3.05, 3.63) is 23.3 Å². The fourth-order valence-electron chi connectivity index (χ4n) is 1.74. The number of alkyl halides is 1. The minimum atomic E-state index is 0.576. The Hall–Kier alpha value is -0.230. The van der Waals surface area contributed by atoms with Crippen molar-refractivity contribution < 1.29 is 0 Å². The molecule has 0 spiro atoms. The van der Waals surface area contributed by atoms with Gasteiger partial charge in [-0.1, -0.05) is 17.7 Å². The molecule has 0 heterocycles. The van der Waals surface area contributed by atoms with Gasteiger partial charge in [-0.3, -0.25) is 0 Å². The van der Waals surface area contributed by atoms with Crippen LogP contribution in [0.5, 0.6) is 0 Å². The minimum absolute atomic E-state index is 0.576. The normalized spacial score (nSPS) is 24.5. The summed E-state index contributed by atoms with van der Waals surface area (Å²) in [6, 6.07) is 0. The van der Waals surface area contributed by atoms with Gasteiger partial charge in [0.05, 0.1) is 0 Å². The maximum Gasteiger partial charge on any atom is 0.0441 e. The lowest BCUT2D eigenvalue weighted by molar-refractivity contribution is 0.700. The van der Waals surface area contributed by atoms with E-state index in [0.717, 1.165) is 0 Å². The van der Waals surface area contributed by atoms with Gasteiger partial charge in [-0.25, -0.2) is 0 Å². The van der Waals surface area contributed by atoms with Crippen molar-refractivity contribution in [1.29, 1.82) is 0 Å². The second-order valence-corrected chi connectivity index (χ2v) is 3.64. The molecule has 0 aromatic carbocycles. The predicted molar refractivity (Wildman–Crippen MR) is 51.0 cm³/mol. The average Bonchev–Trinajstić information content (AvgIpc) is 2.30. The van der Waals surface area contributed by atoms with Crippen molar-refractivity contribution >= 4 is 11.6 Å². The Labute approximate surface area is 73.9 Å². The summed E-state index contributed by atoms with van der Waals surface area (Å²) < 4.78 is 0. The zero-order valence-electron chi connectivity index (χ0n) is 7.28. The Morgan fingerprint density at radius 3 is 2.73 bits per heavy atom. The first kappa shape index (κ1) is 8.86. The Balaban J connectivity index is 2.80. The van der Waals surface area contributed by atoms with Crippen LogP contribution in [0, 0.1) is 5.92 Å². The second kappa shape index (κ2) is 3.44. The van der Waals surface area contributed by atoms with Gasteiger partial charge in [0.15, 0.2) is 0 Å². The molecular weight excluding hydrogens is 156 g/mol. The van der Waals surface area contributed by atoms with Gasteiger partial charge >= 0.3 is 0 Å². The summed E-state index contributed by atoms with van der Waals surface area (Å²) in [5, 5.41) is 0.